The Kier molecular flexibility index (Phi) is 6.44. The Morgan fingerprint density at radius 2 is 2.33 bits per heavy atom. The third-order valence-corrected chi connectivity index (χ3v) is 3.69. The van der Waals surface area contributed by atoms with E-state index in [2.05, 4.69) is 17.2 Å². The minimum Gasteiger partial charge on any atom is -0.481 e. The van der Waals surface area contributed by atoms with Crippen molar-refractivity contribution in [2.75, 3.05) is 24.6 Å². The molecule has 1 rings (SSSR count). The smallest absolute Gasteiger partial charge is 0.317 e. The van der Waals surface area contributed by atoms with E-state index in [-0.39, 0.29) is 18.5 Å². The second kappa shape index (κ2) is 7.88. The molecule has 1 unspecified atom stereocenters. The highest BCUT2D eigenvalue weighted by Crippen LogP contribution is 2.18. The minimum absolute atomic E-state index is 0.00911. The summed E-state index contributed by atoms with van der Waals surface area (Å²) in [5.74, 6) is 6.31. The van der Waals surface area contributed by atoms with Crippen LogP contribution in [0.5, 0.6) is 0 Å². The van der Waals surface area contributed by atoms with Gasteiger partial charge in [-0.15, -0.1) is 11.8 Å². The Morgan fingerprint density at radius 1 is 1.56 bits per heavy atom. The first-order valence-corrected chi connectivity index (χ1v) is 7.04. The average molecular weight is 270 g/mol. The fourth-order valence-electron chi connectivity index (χ4n) is 1.75. The van der Waals surface area contributed by atoms with Crippen LogP contribution in [0.1, 0.15) is 19.8 Å². The highest BCUT2D eigenvalue weighted by molar-refractivity contribution is 7.99. The van der Waals surface area contributed by atoms with Gasteiger partial charge in [-0.05, 0) is 6.92 Å². The number of nitrogens with zero attached hydrogens (tertiary/aromatic N) is 1. The third-order valence-electron chi connectivity index (χ3n) is 2.60. The maximum absolute atomic E-state index is 11.9. The van der Waals surface area contributed by atoms with Gasteiger partial charge >= 0.3 is 12.0 Å². The molecule has 1 atom stereocenters. The molecule has 0 spiro atoms. The van der Waals surface area contributed by atoms with Crippen molar-refractivity contribution in [2.45, 2.75) is 25.8 Å². The molecule has 2 N–H and O–H groups in total. The Morgan fingerprint density at radius 3 is 3.00 bits per heavy atom. The largest absolute Gasteiger partial charge is 0.481 e. The van der Waals surface area contributed by atoms with E-state index in [1.165, 1.54) is 0 Å². The molecule has 1 fully saturated rings. The van der Waals surface area contributed by atoms with Crippen molar-refractivity contribution in [3.05, 3.63) is 0 Å². The number of carbonyl (C=O) groups excluding carboxylic acids is 1. The minimum atomic E-state index is -0.864. The predicted molar refractivity (Wildman–Crippen MR) is 71.5 cm³/mol. The molecule has 0 aliphatic carbocycles. The summed E-state index contributed by atoms with van der Waals surface area (Å²) in [5, 5.41) is 11.6. The van der Waals surface area contributed by atoms with Gasteiger partial charge in [-0.3, -0.25) is 4.79 Å². The molecule has 1 heterocycles. The first-order chi connectivity index (χ1) is 8.65. The molecule has 2 amide bonds. The van der Waals surface area contributed by atoms with Crippen molar-refractivity contribution >= 4 is 23.8 Å². The number of carboxylic acids is 1. The predicted octanol–water partition coefficient (Wildman–Crippen LogP) is 1.00. The van der Waals surface area contributed by atoms with Crippen LogP contribution >= 0.6 is 11.8 Å². The molecule has 100 valence electrons. The first-order valence-electron chi connectivity index (χ1n) is 5.88. The molecular formula is C12H18N2O3S. The van der Waals surface area contributed by atoms with Gasteiger partial charge in [-0.1, -0.05) is 0 Å². The lowest BCUT2D eigenvalue weighted by atomic mass is 10.2. The summed E-state index contributed by atoms with van der Waals surface area (Å²) < 4.78 is 0. The van der Waals surface area contributed by atoms with Crippen molar-refractivity contribution in [3.63, 3.8) is 0 Å². The van der Waals surface area contributed by atoms with Gasteiger partial charge in [0, 0.05) is 31.0 Å². The number of amides is 2. The molecule has 0 bridgehead atoms. The van der Waals surface area contributed by atoms with E-state index in [1.807, 2.05) is 0 Å². The van der Waals surface area contributed by atoms with Crippen LogP contribution in [0.15, 0.2) is 0 Å². The topological polar surface area (TPSA) is 69.6 Å². The lowest BCUT2D eigenvalue weighted by Crippen LogP contribution is -2.51. The second-order valence-electron chi connectivity index (χ2n) is 3.93. The van der Waals surface area contributed by atoms with Gasteiger partial charge in [-0.25, -0.2) is 4.79 Å². The van der Waals surface area contributed by atoms with Crippen molar-refractivity contribution in [2.24, 2.45) is 0 Å². The number of nitrogens with one attached hydrogen (secondary N) is 1. The van der Waals surface area contributed by atoms with Crippen LogP contribution in [0, 0.1) is 11.8 Å². The fourth-order valence-corrected chi connectivity index (χ4v) is 2.81. The standard InChI is InChI=1S/C12H18N2O3S/c1-2-3-4-5-13-12(17)14-6-7-18-9-10(14)8-11(15)16/h10H,4-9H2,1H3,(H,13,17)(H,15,16). The average Bonchev–Trinajstić information content (AvgIpc) is 2.34. The Balaban J connectivity index is 2.45. The van der Waals surface area contributed by atoms with Crippen LogP contribution in [-0.4, -0.2) is 52.6 Å². The number of aliphatic carboxylic acids is 1. The number of urea groups is 1. The fraction of sp³-hybridized carbons (Fsp3) is 0.667. The zero-order valence-electron chi connectivity index (χ0n) is 10.4. The normalized spacial score (nSPS) is 18.7. The van der Waals surface area contributed by atoms with Gasteiger partial charge in [-0.2, -0.15) is 11.8 Å². The summed E-state index contributed by atoms with van der Waals surface area (Å²) in [6, 6.07) is -0.391. The highest BCUT2D eigenvalue weighted by atomic mass is 32.2. The molecule has 1 aliphatic heterocycles. The van der Waals surface area contributed by atoms with Gasteiger partial charge < -0.3 is 15.3 Å². The van der Waals surface area contributed by atoms with E-state index in [0.29, 0.717) is 25.3 Å². The van der Waals surface area contributed by atoms with Crippen LogP contribution < -0.4 is 5.32 Å². The third kappa shape index (κ3) is 4.88. The van der Waals surface area contributed by atoms with E-state index in [4.69, 9.17) is 5.11 Å². The molecule has 1 saturated heterocycles. The van der Waals surface area contributed by atoms with Gasteiger partial charge in [0.1, 0.15) is 0 Å². The summed E-state index contributed by atoms with van der Waals surface area (Å²) in [6.07, 6.45) is 0.629. The van der Waals surface area contributed by atoms with E-state index in [0.717, 1.165) is 5.75 Å². The maximum atomic E-state index is 11.9. The first kappa shape index (κ1) is 14.7. The monoisotopic (exact) mass is 270 g/mol. The zero-order valence-corrected chi connectivity index (χ0v) is 11.3. The number of hydrogen-bond donors (Lipinski definition) is 2. The van der Waals surface area contributed by atoms with Gasteiger partial charge in [0.2, 0.25) is 0 Å². The molecule has 6 heteroatoms. The van der Waals surface area contributed by atoms with Crippen LogP contribution in [0.3, 0.4) is 0 Å². The van der Waals surface area contributed by atoms with Gasteiger partial charge in [0.15, 0.2) is 0 Å². The molecule has 0 radical (unpaired) electrons. The van der Waals surface area contributed by atoms with E-state index in [9.17, 15) is 9.59 Å². The summed E-state index contributed by atoms with van der Waals surface area (Å²) in [7, 11) is 0. The SMILES string of the molecule is CC#CCCNC(=O)N1CCSCC1CC(=O)O. The highest BCUT2D eigenvalue weighted by Gasteiger charge is 2.28. The van der Waals surface area contributed by atoms with Crippen molar-refractivity contribution in [1.29, 1.82) is 0 Å². The van der Waals surface area contributed by atoms with Crippen molar-refractivity contribution in [3.8, 4) is 11.8 Å². The number of rotatable bonds is 4. The van der Waals surface area contributed by atoms with Crippen molar-refractivity contribution in [1.82, 2.24) is 10.2 Å². The van der Waals surface area contributed by atoms with Crippen molar-refractivity contribution < 1.29 is 14.7 Å². The lowest BCUT2D eigenvalue weighted by molar-refractivity contribution is -0.137. The molecule has 1 aliphatic rings. The summed E-state index contributed by atoms with van der Waals surface area (Å²) in [5.41, 5.74) is 0. The Labute approximate surface area is 111 Å². The molecule has 18 heavy (non-hydrogen) atoms. The quantitative estimate of drug-likeness (QED) is 0.590. The molecule has 0 aromatic heterocycles. The second-order valence-corrected chi connectivity index (χ2v) is 5.08. The summed E-state index contributed by atoms with van der Waals surface area (Å²) in [4.78, 5) is 24.3. The zero-order chi connectivity index (χ0) is 13.4. The van der Waals surface area contributed by atoms with Crippen LogP contribution in [-0.2, 0) is 4.79 Å². The number of carboxylic acid groups (broad SMARTS) is 1. The molecule has 0 aromatic carbocycles. The maximum Gasteiger partial charge on any atom is 0.317 e. The van der Waals surface area contributed by atoms with Crippen LogP contribution in [0.25, 0.3) is 0 Å². The summed E-state index contributed by atoms with van der Waals surface area (Å²) >= 11 is 1.69. The summed E-state index contributed by atoms with van der Waals surface area (Å²) in [6.45, 7) is 2.86. The van der Waals surface area contributed by atoms with E-state index < -0.39 is 5.97 Å². The molecule has 5 nitrogen and oxygen atoms in total. The lowest BCUT2D eigenvalue weighted by Gasteiger charge is -2.34. The van der Waals surface area contributed by atoms with E-state index in [1.54, 1.807) is 23.6 Å². The number of thioether (sulfide) groups is 1. The Bertz CT molecular complexity index is 362. The number of carbonyl (C=O) groups is 2. The van der Waals surface area contributed by atoms with Gasteiger partial charge in [0.25, 0.3) is 0 Å². The number of hydrogen-bond acceptors (Lipinski definition) is 3. The molecule has 0 saturated carbocycles. The molecular weight excluding hydrogens is 252 g/mol. The van der Waals surface area contributed by atoms with Crippen LogP contribution in [0.4, 0.5) is 4.79 Å². The van der Waals surface area contributed by atoms with Crippen LogP contribution in [0.2, 0.25) is 0 Å². The van der Waals surface area contributed by atoms with Gasteiger partial charge in [0.05, 0.1) is 12.5 Å². The van der Waals surface area contributed by atoms with E-state index >= 15 is 0 Å². The Hall–Kier alpha value is -1.35. The molecule has 0 aromatic rings.